The Morgan fingerprint density at radius 3 is 2.59 bits per heavy atom. The summed E-state index contributed by atoms with van der Waals surface area (Å²) in [5.41, 5.74) is 1.80. The van der Waals surface area contributed by atoms with Crippen LogP contribution in [0.15, 0.2) is 65.8 Å². The summed E-state index contributed by atoms with van der Waals surface area (Å²) in [5.74, 6) is 2.40. The maximum absolute atomic E-state index is 13.5. The second-order valence-electron chi connectivity index (χ2n) is 6.77. The summed E-state index contributed by atoms with van der Waals surface area (Å²) in [6, 6.07) is 15.4. The summed E-state index contributed by atoms with van der Waals surface area (Å²) in [4.78, 5) is 8.93. The standard InChI is InChI=1S/C24H27FN4O3/c1-4-26-24(28-15-17-10-11-21(30-2)22(13-17)31-3)29-16-18-7-6-12-27-23(18)32-20-9-5-8-19(25)14-20/h5-14H,4,15-16H2,1-3H3,(H2,26,28,29). The maximum atomic E-state index is 13.5. The predicted octanol–water partition coefficient (Wildman–Crippen LogP) is 4.29. The number of halogens is 1. The lowest BCUT2D eigenvalue weighted by Crippen LogP contribution is -2.36. The molecule has 0 aliphatic carbocycles. The second-order valence-corrected chi connectivity index (χ2v) is 6.77. The highest BCUT2D eigenvalue weighted by molar-refractivity contribution is 5.79. The molecular formula is C24H27FN4O3. The molecule has 0 amide bonds. The van der Waals surface area contributed by atoms with Gasteiger partial charge in [0.25, 0.3) is 0 Å². The van der Waals surface area contributed by atoms with E-state index in [2.05, 4.69) is 20.6 Å². The Bertz CT molecular complexity index is 1060. The zero-order valence-corrected chi connectivity index (χ0v) is 18.4. The highest BCUT2D eigenvalue weighted by Crippen LogP contribution is 2.28. The number of rotatable bonds is 9. The third kappa shape index (κ3) is 6.34. The zero-order chi connectivity index (χ0) is 22.8. The molecule has 0 atom stereocenters. The van der Waals surface area contributed by atoms with Crippen molar-refractivity contribution in [3.05, 3.63) is 77.7 Å². The van der Waals surface area contributed by atoms with Crippen molar-refractivity contribution in [2.75, 3.05) is 20.8 Å². The Kier molecular flexibility index (Phi) is 8.25. The molecule has 0 aliphatic rings. The Balaban J connectivity index is 1.69. The van der Waals surface area contributed by atoms with Crippen molar-refractivity contribution in [3.63, 3.8) is 0 Å². The van der Waals surface area contributed by atoms with Gasteiger partial charge >= 0.3 is 0 Å². The van der Waals surface area contributed by atoms with Crippen LogP contribution in [0.1, 0.15) is 18.1 Å². The van der Waals surface area contributed by atoms with Gasteiger partial charge in [0.05, 0.1) is 20.8 Å². The van der Waals surface area contributed by atoms with Gasteiger partial charge in [-0.3, -0.25) is 0 Å². The minimum Gasteiger partial charge on any atom is -0.493 e. The molecule has 1 heterocycles. The van der Waals surface area contributed by atoms with Gasteiger partial charge < -0.3 is 24.8 Å². The monoisotopic (exact) mass is 438 g/mol. The SMILES string of the molecule is CCNC(=NCc1ccc(OC)c(OC)c1)NCc1cccnc1Oc1cccc(F)c1. The van der Waals surface area contributed by atoms with E-state index in [0.29, 0.717) is 48.7 Å². The first kappa shape index (κ1) is 22.9. The number of hydrogen-bond donors (Lipinski definition) is 2. The molecular weight excluding hydrogens is 411 g/mol. The van der Waals surface area contributed by atoms with Crippen LogP contribution in [0.4, 0.5) is 4.39 Å². The minimum absolute atomic E-state index is 0.366. The minimum atomic E-state index is -0.366. The number of aliphatic imine (C=N–C) groups is 1. The van der Waals surface area contributed by atoms with E-state index in [1.165, 1.54) is 12.1 Å². The van der Waals surface area contributed by atoms with E-state index in [0.717, 1.165) is 11.1 Å². The molecule has 0 saturated carbocycles. The molecule has 0 aliphatic heterocycles. The summed E-state index contributed by atoms with van der Waals surface area (Å²) < 4.78 is 29.9. The molecule has 2 aromatic carbocycles. The lowest BCUT2D eigenvalue weighted by molar-refractivity contribution is 0.354. The van der Waals surface area contributed by atoms with E-state index >= 15 is 0 Å². The maximum Gasteiger partial charge on any atom is 0.224 e. The van der Waals surface area contributed by atoms with Crippen molar-refractivity contribution in [1.82, 2.24) is 15.6 Å². The topological polar surface area (TPSA) is 77.0 Å². The van der Waals surface area contributed by atoms with Gasteiger partial charge in [0.2, 0.25) is 5.88 Å². The lowest BCUT2D eigenvalue weighted by Gasteiger charge is -2.14. The number of pyridine rings is 1. The number of nitrogens with one attached hydrogen (secondary N) is 2. The Morgan fingerprint density at radius 2 is 1.84 bits per heavy atom. The molecule has 32 heavy (non-hydrogen) atoms. The molecule has 7 nitrogen and oxygen atoms in total. The number of guanidine groups is 1. The fourth-order valence-corrected chi connectivity index (χ4v) is 2.96. The molecule has 1 aromatic heterocycles. The van der Waals surface area contributed by atoms with Crippen LogP contribution in [0.5, 0.6) is 23.1 Å². The van der Waals surface area contributed by atoms with Crippen molar-refractivity contribution >= 4 is 5.96 Å². The van der Waals surface area contributed by atoms with Crippen LogP contribution in [0.3, 0.4) is 0 Å². The fourth-order valence-electron chi connectivity index (χ4n) is 2.96. The van der Waals surface area contributed by atoms with Gasteiger partial charge in [0, 0.05) is 30.9 Å². The summed E-state index contributed by atoms with van der Waals surface area (Å²) >= 11 is 0. The van der Waals surface area contributed by atoms with E-state index in [9.17, 15) is 4.39 Å². The van der Waals surface area contributed by atoms with Crippen LogP contribution >= 0.6 is 0 Å². The average Bonchev–Trinajstić information content (AvgIpc) is 2.81. The average molecular weight is 439 g/mol. The number of methoxy groups -OCH3 is 2. The molecule has 0 unspecified atom stereocenters. The van der Waals surface area contributed by atoms with E-state index in [1.54, 1.807) is 32.5 Å². The fraction of sp³-hybridized carbons (Fsp3) is 0.250. The van der Waals surface area contributed by atoms with Gasteiger partial charge in [-0.1, -0.05) is 18.2 Å². The van der Waals surface area contributed by atoms with Crippen LogP contribution < -0.4 is 24.8 Å². The summed E-state index contributed by atoms with van der Waals surface area (Å²) in [7, 11) is 3.21. The predicted molar refractivity (Wildman–Crippen MR) is 122 cm³/mol. The molecule has 0 spiro atoms. The molecule has 8 heteroatoms. The smallest absolute Gasteiger partial charge is 0.224 e. The quantitative estimate of drug-likeness (QED) is 0.384. The Labute approximate surface area is 187 Å². The van der Waals surface area contributed by atoms with E-state index in [-0.39, 0.29) is 5.82 Å². The zero-order valence-electron chi connectivity index (χ0n) is 18.4. The van der Waals surface area contributed by atoms with Gasteiger partial charge in [-0.15, -0.1) is 0 Å². The van der Waals surface area contributed by atoms with Crippen LogP contribution in [-0.2, 0) is 13.1 Å². The normalized spacial score (nSPS) is 11.1. The molecule has 2 N–H and O–H groups in total. The van der Waals surface area contributed by atoms with Crippen LogP contribution in [0.25, 0.3) is 0 Å². The number of benzene rings is 2. The van der Waals surface area contributed by atoms with E-state index in [1.807, 2.05) is 37.3 Å². The third-order valence-electron chi connectivity index (χ3n) is 4.52. The Hall–Kier alpha value is -3.81. The molecule has 0 radical (unpaired) electrons. The lowest BCUT2D eigenvalue weighted by atomic mass is 10.2. The van der Waals surface area contributed by atoms with Gasteiger partial charge in [0.1, 0.15) is 11.6 Å². The van der Waals surface area contributed by atoms with Crippen molar-refractivity contribution in [2.24, 2.45) is 4.99 Å². The van der Waals surface area contributed by atoms with Gasteiger partial charge in [0.15, 0.2) is 17.5 Å². The second kappa shape index (κ2) is 11.5. The molecule has 0 saturated heterocycles. The summed E-state index contributed by atoms with van der Waals surface area (Å²) in [5, 5.41) is 6.51. The van der Waals surface area contributed by atoms with Crippen LogP contribution in [0.2, 0.25) is 0 Å². The molecule has 0 fully saturated rings. The number of aromatic nitrogens is 1. The molecule has 3 aromatic rings. The first-order valence-corrected chi connectivity index (χ1v) is 10.2. The molecule has 0 bridgehead atoms. The number of ether oxygens (including phenoxy) is 3. The van der Waals surface area contributed by atoms with Crippen molar-refractivity contribution < 1.29 is 18.6 Å². The molecule has 168 valence electrons. The third-order valence-corrected chi connectivity index (χ3v) is 4.52. The number of hydrogen-bond acceptors (Lipinski definition) is 5. The molecule has 3 rings (SSSR count). The Morgan fingerprint density at radius 1 is 1.00 bits per heavy atom. The van der Waals surface area contributed by atoms with Crippen molar-refractivity contribution in [2.45, 2.75) is 20.0 Å². The highest BCUT2D eigenvalue weighted by atomic mass is 19.1. The first-order valence-electron chi connectivity index (χ1n) is 10.2. The van der Waals surface area contributed by atoms with Crippen LogP contribution in [-0.4, -0.2) is 31.7 Å². The van der Waals surface area contributed by atoms with Crippen LogP contribution in [0, 0.1) is 5.82 Å². The van der Waals surface area contributed by atoms with Crippen molar-refractivity contribution in [1.29, 1.82) is 0 Å². The number of nitrogens with zero attached hydrogens (tertiary/aromatic N) is 2. The van der Waals surface area contributed by atoms with Gasteiger partial charge in [-0.25, -0.2) is 14.4 Å². The largest absolute Gasteiger partial charge is 0.493 e. The van der Waals surface area contributed by atoms with Gasteiger partial charge in [-0.05, 0) is 42.8 Å². The first-order chi connectivity index (χ1) is 15.6. The van der Waals surface area contributed by atoms with E-state index in [4.69, 9.17) is 14.2 Å². The van der Waals surface area contributed by atoms with Crippen molar-refractivity contribution in [3.8, 4) is 23.1 Å². The van der Waals surface area contributed by atoms with E-state index < -0.39 is 0 Å². The van der Waals surface area contributed by atoms with Gasteiger partial charge in [-0.2, -0.15) is 0 Å². The summed E-state index contributed by atoms with van der Waals surface area (Å²) in [6.07, 6.45) is 1.63. The summed E-state index contributed by atoms with van der Waals surface area (Å²) in [6.45, 7) is 3.58. The highest BCUT2D eigenvalue weighted by Gasteiger charge is 2.09.